The Labute approximate surface area is 107 Å². The monoisotopic (exact) mass is 246 g/mol. The van der Waals surface area contributed by atoms with Crippen molar-refractivity contribution in [3.05, 3.63) is 51.5 Å². The number of thiazole rings is 1. The summed E-state index contributed by atoms with van der Waals surface area (Å²) >= 11 is 1.76. The molecular weight excluding hydrogens is 228 g/mol. The summed E-state index contributed by atoms with van der Waals surface area (Å²) in [5.41, 5.74) is 2.62. The molecule has 2 rings (SSSR count). The normalized spacial score (nSPS) is 12.6. The van der Waals surface area contributed by atoms with Gasteiger partial charge in [0.2, 0.25) is 0 Å². The highest BCUT2D eigenvalue weighted by atomic mass is 32.1. The lowest BCUT2D eigenvalue weighted by Crippen LogP contribution is -2.17. The van der Waals surface area contributed by atoms with Crippen LogP contribution in [-0.4, -0.2) is 4.98 Å². The van der Waals surface area contributed by atoms with E-state index in [9.17, 15) is 0 Å². The van der Waals surface area contributed by atoms with Gasteiger partial charge in [0.1, 0.15) is 5.01 Å². The zero-order valence-electron chi connectivity index (χ0n) is 10.5. The van der Waals surface area contributed by atoms with Crippen molar-refractivity contribution in [2.24, 2.45) is 0 Å². The van der Waals surface area contributed by atoms with E-state index in [1.165, 1.54) is 16.0 Å². The van der Waals surface area contributed by atoms with Crippen LogP contribution in [0.5, 0.6) is 0 Å². The average molecular weight is 246 g/mol. The number of hydrogen-bond acceptors (Lipinski definition) is 3. The zero-order valence-corrected chi connectivity index (χ0v) is 11.3. The molecule has 0 bridgehead atoms. The minimum atomic E-state index is 0.315. The van der Waals surface area contributed by atoms with Crippen molar-refractivity contribution >= 4 is 11.3 Å². The summed E-state index contributed by atoms with van der Waals surface area (Å²) in [6.07, 6.45) is 1.93. The van der Waals surface area contributed by atoms with Gasteiger partial charge in [0.25, 0.3) is 0 Å². The minimum Gasteiger partial charge on any atom is -0.304 e. The van der Waals surface area contributed by atoms with E-state index in [0.717, 1.165) is 11.6 Å². The maximum atomic E-state index is 4.40. The lowest BCUT2D eigenvalue weighted by Gasteiger charge is -2.11. The standard InChI is InChI=1S/C14H18N2S/c1-10-4-6-13(7-5-10)9-15-12(3)14-16-8-11(2)17-14/h4-8,12,15H,9H2,1-3H3. The fourth-order valence-electron chi connectivity index (χ4n) is 1.64. The second-order valence-corrected chi connectivity index (χ2v) is 5.66. The topological polar surface area (TPSA) is 24.9 Å². The van der Waals surface area contributed by atoms with Gasteiger partial charge in [-0.3, -0.25) is 0 Å². The lowest BCUT2D eigenvalue weighted by molar-refractivity contribution is 0.572. The molecule has 0 aliphatic carbocycles. The van der Waals surface area contributed by atoms with Crippen LogP contribution in [0.25, 0.3) is 0 Å². The van der Waals surface area contributed by atoms with Crippen LogP contribution in [0.3, 0.4) is 0 Å². The van der Waals surface area contributed by atoms with E-state index < -0.39 is 0 Å². The third-order valence-electron chi connectivity index (χ3n) is 2.74. The van der Waals surface area contributed by atoms with Gasteiger partial charge >= 0.3 is 0 Å². The summed E-state index contributed by atoms with van der Waals surface area (Å²) in [4.78, 5) is 5.67. The number of rotatable bonds is 4. The Hall–Kier alpha value is -1.19. The van der Waals surface area contributed by atoms with Gasteiger partial charge in [0.15, 0.2) is 0 Å². The molecular formula is C14H18N2S. The fraction of sp³-hybridized carbons (Fsp3) is 0.357. The van der Waals surface area contributed by atoms with Crippen LogP contribution in [0.2, 0.25) is 0 Å². The number of benzene rings is 1. The molecule has 0 radical (unpaired) electrons. The fourth-order valence-corrected chi connectivity index (χ4v) is 2.44. The first-order chi connectivity index (χ1) is 8.15. The highest BCUT2D eigenvalue weighted by Gasteiger charge is 2.08. The molecule has 2 aromatic rings. The number of aromatic nitrogens is 1. The number of nitrogens with one attached hydrogen (secondary N) is 1. The Kier molecular flexibility index (Phi) is 3.92. The van der Waals surface area contributed by atoms with E-state index in [1.54, 1.807) is 11.3 Å². The van der Waals surface area contributed by atoms with Gasteiger partial charge in [0.05, 0.1) is 6.04 Å². The summed E-state index contributed by atoms with van der Waals surface area (Å²) in [5, 5.41) is 4.66. The SMILES string of the molecule is Cc1ccc(CNC(C)c2ncc(C)s2)cc1. The molecule has 1 aromatic carbocycles. The van der Waals surface area contributed by atoms with Crippen LogP contribution in [0.4, 0.5) is 0 Å². The Morgan fingerprint density at radius 1 is 1.24 bits per heavy atom. The van der Waals surface area contributed by atoms with Crippen molar-refractivity contribution in [3.8, 4) is 0 Å². The van der Waals surface area contributed by atoms with Crippen molar-refractivity contribution in [3.63, 3.8) is 0 Å². The first-order valence-corrected chi connectivity index (χ1v) is 6.68. The number of hydrogen-bond donors (Lipinski definition) is 1. The molecule has 0 saturated carbocycles. The molecule has 0 fully saturated rings. The van der Waals surface area contributed by atoms with Crippen molar-refractivity contribution in [1.82, 2.24) is 10.3 Å². The van der Waals surface area contributed by atoms with E-state index in [1.807, 2.05) is 6.20 Å². The molecule has 1 heterocycles. The van der Waals surface area contributed by atoms with Gasteiger partial charge in [-0.25, -0.2) is 4.98 Å². The number of nitrogens with zero attached hydrogens (tertiary/aromatic N) is 1. The molecule has 0 spiro atoms. The molecule has 1 N–H and O–H groups in total. The summed E-state index contributed by atoms with van der Waals surface area (Å²) in [7, 11) is 0. The van der Waals surface area contributed by atoms with Gasteiger partial charge in [-0.1, -0.05) is 29.8 Å². The Morgan fingerprint density at radius 3 is 2.53 bits per heavy atom. The molecule has 1 atom stereocenters. The summed E-state index contributed by atoms with van der Waals surface area (Å²) in [6, 6.07) is 8.95. The second-order valence-electron chi connectivity index (χ2n) is 4.40. The van der Waals surface area contributed by atoms with Crippen LogP contribution in [0.1, 0.15) is 34.0 Å². The summed E-state index contributed by atoms with van der Waals surface area (Å²) < 4.78 is 0. The molecule has 1 unspecified atom stereocenters. The molecule has 0 saturated heterocycles. The van der Waals surface area contributed by atoms with Gasteiger partial charge in [-0.05, 0) is 26.3 Å². The highest BCUT2D eigenvalue weighted by Crippen LogP contribution is 2.19. The maximum absolute atomic E-state index is 4.40. The maximum Gasteiger partial charge on any atom is 0.109 e. The van der Waals surface area contributed by atoms with Gasteiger partial charge in [-0.2, -0.15) is 0 Å². The van der Waals surface area contributed by atoms with Crippen molar-refractivity contribution < 1.29 is 0 Å². The highest BCUT2D eigenvalue weighted by molar-refractivity contribution is 7.11. The zero-order chi connectivity index (χ0) is 12.3. The molecule has 0 amide bonds. The second kappa shape index (κ2) is 5.43. The Bertz CT molecular complexity index is 473. The first-order valence-electron chi connectivity index (χ1n) is 5.86. The predicted molar refractivity (Wildman–Crippen MR) is 73.3 cm³/mol. The predicted octanol–water partition coefficient (Wildman–Crippen LogP) is 3.61. The van der Waals surface area contributed by atoms with Crippen molar-refractivity contribution in [2.75, 3.05) is 0 Å². The van der Waals surface area contributed by atoms with Crippen LogP contribution < -0.4 is 5.32 Å². The average Bonchev–Trinajstić information content (AvgIpc) is 2.75. The molecule has 0 aliphatic rings. The lowest BCUT2D eigenvalue weighted by atomic mass is 10.1. The molecule has 3 heteroatoms. The van der Waals surface area contributed by atoms with Crippen LogP contribution in [0.15, 0.2) is 30.5 Å². The molecule has 0 aliphatic heterocycles. The van der Waals surface area contributed by atoms with Gasteiger partial charge < -0.3 is 5.32 Å². The third kappa shape index (κ3) is 3.38. The number of aryl methyl sites for hydroxylation is 2. The molecule has 2 nitrogen and oxygen atoms in total. The van der Waals surface area contributed by atoms with E-state index in [2.05, 4.69) is 55.3 Å². The van der Waals surface area contributed by atoms with Crippen molar-refractivity contribution in [2.45, 2.75) is 33.4 Å². The van der Waals surface area contributed by atoms with Crippen LogP contribution >= 0.6 is 11.3 Å². The van der Waals surface area contributed by atoms with Crippen molar-refractivity contribution in [1.29, 1.82) is 0 Å². The minimum absolute atomic E-state index is 0.315. The van der Waals surface area contributed by atoms with E-state index >= 15 is 0 Å². The van der Waals surface area contributed by atoms with E-state index in [0.29, 0.717) is 6.04 Å². The quantitative estimate of drug-likeness (QED) is 0.891. The third-order valence-corrected chi connectivity index (χ3v) is 3.84. The first kappa shape index (κ1) is 12.3. The summed E-state index contributed by atoms with van der Waals surface area (Å²) in [6.45, 7) is 7.25. The molecule has 17 heavy (non-hydrogen) atoms. The van der Waals surface area contributed by atoms with Gasteiger partial charge in [0, 0.05) is 17.6 Å². The summed E-state index contributed by atoms with van der Waals surface area (Å²) in [5.74, 6) is 0. The van der Waals surface area contributed by atoms with Crippen LogP contribution in [0, 0.1) is 13.8 Å². The Balaban J connectivity index is 1.92. The van der Waals surface area contributed by atoms with E-state index in [4.69, 9.17) is 0 Å². The van der Waals surface area contributed by atoms with Crippen LogP contribution in [-0.2, 0) is 6.54 Å². The smallest absolute Gasteiger partial charge is 0.109 e. The molecule has 90 valence electrons. The Morgan fingerprint density at radius 2 is 1.94 bits per heavy atom. The largest absolute Gasteiger partial charge is 0.304 e. The molecule has 1 aromatic heterocycles. The van der Waals surface area contributed by atoms with E-state index in [-0.39, 0.29) is 0 Å². The van der Waals surface area contributed by atoms with Gasteiger partial charge in [-0.15, -0.1) is 11.3 Å².